The Kier molecular flexibility index (Phi) is 7.55. The summed E-state index contributed by atoms with van der Waals surface area (Å²) in [6.07, 6.45) is -0.0575. The Hall–Kier alpha value is -4.17. The second kappa shape index (κ2) is 10.7. The molecule has 1 aliphatic rings. The number of aliphatic hydroxyl groups excluding tert-OH is 1. The van der Waals surface area contributed by atoms with Crippen molar-refractivity contribution < 1.29 is 34.4 Å². The van der Waals surface area contributed by atoms with E-state index in [4.69, 9.17) is 21.1 Å². The fourth-order valence-electron chi connectivity index (χ4n) is 4.40. The van der Waals surface area contributed by atoms with Crippen molar-refractivity contribution in [2.45, 2.75) is 39.8 Å². The summed E-state index contributed by atoms with van der Waals surface area (Å²) in [5.74, 6) is -1.96. The third-order valence-electron chi connectivity index (χ3n) is 6.05. The van der Waals surface area contributed by atoms with Gasteiger partial charge in [-0.1, -0.05) is 17.7 Å². The van der Waals surface area contributed by atoms with Crippen LogP contribution in [0.4, 0.5) is 5.69 Å². The number of ketones is 1. The van der Waals surface area contributed by atoms with Crippen molar-refractivity contribution in [1.82, 2.24) is 0 Å². The number of phenols is 2. The van der Waals surface area contributed by atoms with Gasteiger partial charge in [0, 0.05) is 10.6 Å². The monoisotopic (exact) mass is 537 g/mol. The average Bonchev–Trinajstić information content (AvgIpc) is 3.13. The maximum absolute atomic E-state index is 13.4. The second-order valence-corrected chi connectivity index (χ2v) is 9.55. The van der Waals surface area contributed by atoms with Crippen LogP contribution in [-0.4, -0.2) is 39.7 Å². The van der Waals surface area contributed by atoms with Crippen molar-refractivity contribution in [3.63, 3.8) is 0 Å². The summed E-state index contributed by atoms with van der Waals surface area (Å²) in [4.78, 5) is 27.9. The number of carbonyl (C=O) groups excluding carboxylic acids is 2. The molecule has 9 heteroatoms. The van der Waals surface area contributed by atoms with Gasteiger partial charge in [-0.05, 0) is 87.4 Å². The van der Waals surface area contributed by atoms with Crippen molar-refractivity contribution in [2.24, 2.45) is 0 Å². The Morgan fingerprint density at radius 2 is 1.71 bits per heavy atom. The van der Waals surface area contributed by atoms with Crippen molar-refractivity contribution in [3.05, 3.63) is 81.9 Å². The summed E-state index contributed by atoms with van der Waals surface area (Å²) in [7, 11) is 0. The minimum Gasteiger partial charge on any atom is -0.507 e. The van der Waals surface area contributed by atoms with Gasteiger partial charge >= 0.3 is 0 Å². The Bertz CT molecular complexity index is 1450. The molecule has 0 aromatic heterocycles. The predicted molar refractivity (Wildman–Crippen MR) is 144 cm³/mol. The van der Waals surface area contributed by atoms with Gasteiger partial charge in [-0.25, -0.2) is 0 Å². The Morgan fingerprint density at radius 1 is 1.00 bits per heavy atom. The molecule has 0 bridgehead atoms. The van der Waals surface area contributed by atoms with E-state index in [0.717, 1.165) is 10.5 Å². The minimum absolute atomic E-state index is 0.00783. The van der Waals surface area contributed by atoms with Gasteiger partial charge < -0.3 is 24.8 Å². The molecule has 0 aliphatic carbocycles. The van der Waals surface area contributed by atoms with Gasteiger partial charge in [0.05, 0.1) is 30.0 Å². The number of benzene rings is 3. The van der Waals surface area contributed by atoms with Gasteiger partial charge in [-0.3, -0.25) is 14.5 Å². The molecule has 0 saturated carbocycles. The number of phenolic OH excluding ortho intramolecular Hbond substituents is 2. The topological polar surface area (TPSA) is 117 Å². The summed E-state index contributed by atoms with van der Waals surface area (Å²) in [5, 5.41) is 32.5. The van der Waals surface area contributed by atoms with Gasteiger partial charge in [0.25, 0.3) is 11.7 Å². The molecule has 1 atom stereocenters. The molecule has 3 N–H and O–H groups in total. The summed E-state index contributed by atoms with van der Waals surface area (Å²) in [5.41, 5.74) is 1.19. The molecule has 1 aliphatic heterocycles. The minimum atomic E-state index is -1.16. The molecular formula is C29H28ClNO7. The van der Waals surface area contributed by atoms with Crippen molar-refractivity contribution in [1.29, 1.82) is 0 Å². The number of aromatic hydroxyl groups is 2. The number of anilines is 1. The Balaban J connectivity index is 1.95. The smallest absolute Gasteiger partial charge is 0.300 e. The van der Waals surface area contributed by atoms with Crippen molar-refractivity contribution >= 4 is 34.7 Å². The quantitative estimate of drug-likeness (QED) is 0.196. The number of halogens is 1. The standard InChI is InChI=1S/C29H28ClNO7/c1-5-37-24-13-17(6-9-22(24)33)26-25(27(34)18-7-11-23(16(4)12-18)38-15(2)3)28(35)29(36)31(26)20-14-19(30)8-10-21(20)32/h6-15,26,32-34H,5H2,1-4H3/b27-25+. The third kappa shape index (κ3) is 4.99. The molecule has 198 valence electrons. The lowest BCUT2D eigenvalue weighted by molar-refractivity contribution is -0.132. The van der Waals surface area contributed by atoms with Crippen LogP contribution in [0.25, 0.3) is 5.76 Å². The molecular weight excluding hydrogens is 510 g/mol. The lowest BCUT2D eigenvalue weighted by Gasteiger charge is -2.26. The number of nitrogens with zero attached hydrogens (tertiary/aromatic N) is 1. The Labute approximate surface area is 225 Å². The maximum atomic E-state index is 13.4. The molecule has 0 spiro atoms. The van der Waals surface area contributed by atoms with E-state index in [-0.39, 0.29) is 46.2 Å². The largest absolute Gasteiger partial charge is 0.507 e. The van der Waals surface area contributed by atoms with Gasteiger partial charge in [0.1, 0.15) is 17.3 Å². The van der Waals surface area contributed by atoms with E-state index < -0.39 is 23.5 Å². The Morgan fingerprint density at radius 3 is 2.37 bits per heavy atom. The second-order valence-electron chi connectivity index (χ2n) is 9.11. The van der Waals surface area contributed by atoms with E-state index in [1.807, 2.05) is 20.8 Å². The lowest BCUT2D eigenvalue weighted by atomic mass is 9.94. The van der Waals surface area contributed by atoms with E-state index in [1.165, 1.54) is 36.4 Å². The summed E-state index contributed by atoms with van der Waals surface area (Å²) < 4.78 is 11.3. The molecule has 1 saturated heterocycles. The fraction of sp³-hybridized carbons (Fsp3) is 0.241. The van der Waals surface area contributed by atoms with Gasteiger partial charge in [0.2, 0.25) is 0 Å². The number of hydrogen-bond acceptors (Lipinski definition) is 7. The number of carbonyl (C=O) groups is 2. The summed E-state index contributed by atoms with van der Waals surface area (Å²) >= 11 is 6.16. The first-order chi connectivity index (χ1) is 18.0. The zero-order chi connectivity index (χ0) is 27.7. The molecule has 1 heterocycles. The van der Waals surface area contributed by atoms with E-state index in [2.05, 4.69) is 0 Å². The zero-order valence-corrected chi connectivity index (χ0v) is 22.1. The highest BCUT2D eigenvalue weighted by Gasteiger charge is 2.48. The molecule has 1 amide bonds. The third-order valence-corrected chi connectivity index (χ3v) is 6.29. The molecule has 1 unspecified atom stereocenters. The number of rotatable bonds is 7. The van der Waals surface area contributed by atoms with Crippen LogP contribution in [0, 0.1) is 6.92 Å². The highest BCUT2D eigenvalue weighted by atomic mass is 35.5. The highest BCUT2D eigenvalue weighted by Crippen LogP contribution is 2.46. The normalized spacial score (nSPS) is 16.8. The number of Topliss-reactive ketones (excluding diaryl/α,β-unsaturated/α-hetero) is 1. The van der Waals surface area contributed by atoms with Gasteiger partial charge in [-0.15, -0.1) is 0 Å². The molecule has 8 nitrogen and oxygen atoms in total. The first kappa shape index (κ1) is 26.9. The number of amides is 1. The van der Waals surface area contributed by atoms with Crippen molar-refractivity contribution in [2.75, 3.05) is 11.5 Å². The first-order valence-corrected chi connectivity index (χ1v) is 12.4. The van der Waals surface area contributed by atoms with Crippen LogP contribution in [0.5, 0.6) is 23.0 Å². The van der Waals surface area contributed by atoms with Gasteiger partial charge in [0.15, 0.2) is 11.5 Å². The lowest BCUT2D eigenvalue weighted by Crippen LogP contribution is -2.29. The zero-order valence-electron chi connectivity index (χ0n) is 21.4. The molecule has 4 rings (SSSR count). The summed E-state index contributed by atoms with van der Waals surface area (Å²) in [6.45, 7) is 7.61. The van der Waals surface area contributed by atoms with Crippen LogP contribution in [0.15, 0.2) is 60.2 Å². The maximum Gasteiger partial charge on any atom is 0.300 e. The number of ether oxygens (including phenoxy) is 2. The highest BCUT2D eigenvalue weighted by molar-refractivity contribution is 6.52. The van der Waals surface area contributed by atoms with Crippen LogP contribution < -0.4 is 14.4 Å². The number of aliphatic hydroxyl groups is 1. The van der Waals surface area contributed by atoms with E-state index in [1.54, 1.807) is 25.1 Å². The fourth-order valence-corrected chi connectivity index (χ4v) is 4.56. The molecule has 1 fully saturated rings. The van der Waals surface area contributed by atoms with Crippen LogP contribution in [0.3, 0.4) is 0 Å². The number of hydrogen-bond donors (Lipinski definition) is 3. The van der Waals surface area contributed by atoms with Gasteiger partial charge in [-0.2, -0.15) is 0 Å². The van der Waals surface area contributed by atoms with E-state index in [0.29, 0.717) is 16.9 Å². The van der Waals surface area contributed by atoms with Crippen LogP contribution in [0.2, 0.25) is 5.02 Å². The van der Waals surface area contributed by atoms with E-state index >= 15 is 0 Å². The molecule has 0 radical (unpaired) electrons. The molecule has 38 heavy (non-hydrogen) atoms. The summed E-state index contributed by atoms with van der Waals surface area (Å²) in [6, 6.07) is 12.3. The first-order valence-electron chi connectivity index (χ1n) is 12.1. The molecule has 3 aromatic rings. The van der Waals surface area contributed by atoms with Crippen LogP contribution in [-0.2, 0) is 9.59 Å². The average molecular weight is 538 g/mol. The van der Waals surface area contributed by atoms with E-state index in [9.17, 15) is 24.9 Å². The number of aryl methyl sites for hydroxylation is 1. The SMILES string of the molecule is CCOc1cc(C2/C(=C(\O)c3ccc(OC(C)C)c(C)c3)C(=O)C(=O)N2c2cc(Cl)ccc2O)ccc1O. The van der Waals surface area contributed by atoms with Crippen LogP contribution >= 0.6 is 11.6 Å². The van der Waals surface area contributed by atoms with Crippen LogP contribution in [0.1, 0.15) is 43.5 Å². The predicted octanol–water partition coefficient (Wildman–Crippen LogP) is 5.87. The molecule has 3 aromatic carbocycles. The van der Waals surface area contributed by atoms with Crippen molar-refractivity contribution in [3.8, 4) is 23.0 Å².